The van der Waals surface area contributed by atoms with Crippen LogP contribution in [-0.2, 0) is 19.5 Å². The number of hydrogen-bond donors (Lipinski definition) is 1. The van der Waals surface area contributed by atoms with E-state index in [0.29, 0.717) is 54.3 Å². The Morgan fingerprint density at radius 1 is 1.22 bits per heavy atom. The molecule has 6 nitrogen and oxygen atoms in total. The van der Waals surface area contributed by atoms with E-state index < -0.39 is 0 Å². The van der Waals surface area contributed by atoms with Gasteiger partial charge in [0.05, 0.1) is 31.7 Å². The number of hydrogen-bond acceptors (Lipinski definition) is 5. The monoisotopic (exact) mass is 369 g/mol. The molecule has 1 aliphatic rings. The lowest BCUT2D eigenvalue weighted by Crippen LogP contribution is -2.32. The van der Waals surface area contributed by atoms with E-state index in [1.54, 1.807) is 25.3 Å². The third-order valence-electron chi connectivity index (χ3n) is 4.92. The van der Waals surface area contributed by atoms with E-state index in [-0.39, 0.29) is 11.4 Å². The van der Waals surface area contributed by atoms with Gasteiger partial charge in [-0.15, -0.1) is 0 Å². The molecular formula is C20H20FN3O3. The minimum absolute atomic E-state index is 0.148. The highest BCUT2D eigenvalue weighted by atomic mass is 19.1. The summed E-state index contributed by atoms with van der Waals surface area (Å²) in [6.45, 7) is 1.82. The summed E-state index contributed by atoms with van der Waals surface area (Å²) in [4.78, 5) is 22.1. The Morgan fingerprint density at radius 3 is 2.78 bits per heavy atom. The highest BCUT2D eigenvalue weighted by molar-refractivity contribution is 5.81. The molecule has 0 amide bonds. The average Bonchev–Trinajstić information content (AvgIpc) is 2.67. The van der Waals surface area contributed by atoms with E-state index in [4.69, 9.17) is 9.47 Å². The maximum Gasteiger partial charge on any atom is 0.258 e. The number of aromatic amines is 1. The number of benzene rings is 2. The van der Waals surface area contributed by atoms with Crippen LogP contribution >= 0.6 is 0 Å². The molecule has 0 unspecified atom stereocenters. The van der Waals surface area contributed by atoms with Crippen molar-refractivity contribution < 1.29 is 13.9 Å². The molecule has 7 heteroatoms. The minimum atomic E-state index is -0.223. The number of aromatic nitrogens is 2. The predicted octanol–water partition coefficient (Wildman–Crippen LogP) is 2.64. The fourth-order valence-corrected chi connectivity index (χ4v) is 3.56. The SMILES string of the molecule is COc1cc2nc(CN3CCc4c(F)cccc4C3)[nH]c(=O)c2cc1OC. The van der Waals surface area contributed by atoms with Crippen LogP contribution in [0.3, 0.4) is 0 Å². The zero-order chi connectivity index (χ0) is 19.0. The summed E-state index contributed by atoms with van der Waals surface area (Å²) in [5, 5.41) is 0.447. The molecule has 4 rings (SSSR count). The van der Waals surface area contributed by atoms with Gasteiger partial charge >= 0.3 is 0 Å². The van der Waals surface area contributed by atoms with Gasteiger partial charge in [-0.2, -0.15) is 0 Å². The van der Waals surface area contributed by atoms with Gasteiger partial charge in [-0.05, 0) is 29.7 Å². The van der Waals surface area contributed by atoms with Gasteiger partial charge in [0.25, 0.3) is 5.56 Å². The quantitative estimate of drug-likeness (QED) is 0.766. The van der Waals surface area contributed by atoms with Gasteiger partial charge in [0.1, 0.15) is 11.6 Å². The molecule has 27 heavy (non-hydrogen) atoms. The number of fused-ring (bicyclic) bond motifs is 2. The molecule has 0 aliphatic carbocycles. The number of nitrogens with zero attached hydrogens (tertiary/aromatic N) is 2. The normalized spacial score (nSPS) is 14.2. The smallest absolute Gasteiger partial charge is 0.258 e. The molecule has 0 saturated carbocycles. The highest BCUT2D eigenvalue weighted by Crippen LogP contribution is 2.30. The number of methoxy groups -OCH3 is 2. The van der Waals surface area contributed by atoms with Crippen LogP contribution in [0.15, 0.2) is 35.1 Å². The van der Waals surface area contributed by atoms with Gasteiger partial charge < -0.3 is 14.5 Å². The lowest BCUT2D eigenvalue weighted by molar-refractivity contribution is 0.237. The van der Waals surface area contributed by atoms with Crippen LogP contribution in [-0.4, -0.2) is 35.6 Å². The molecule has 2 heterocycles. The maximum atomic E-state index is 13.9. The summed E-state index contributed by atoms with van der Waals surface area (Å²) in [7, 11) is 3.07. The molecule has 0 bridgehead atoms. The molecule has 3 aromatic rings. The molecule has 0 atom stereocenters. The van der Waals surface area contributed by atoms with Crippen molar-refractivity contribution in [3.8, 4) is 11.5 Å². The molecule has 0 spiro atoms. The molecule has 1 N–H and O–H groups in total. The lowest BCUT2D eigenvalue weighted by atomic mass is 9.99. The highest BCUT2D eigenvalue weighted by Gasteiger charge is 2.20. The van der Waals surface area contributed by atoms with Gasteiger partial charge in [0.2, 0.25) is 0 Å². The van der Waals surface area contributed by atoms with Crippen LogP contribution in [0.4, 0.5) is 4.39 Å². The van der Waals surface area contributed by atoms with Crippen LogP contribution in [0, 0.1) is 5.82 Å². The zero-order valence-electron chi connectivity index (χ0n) is 15.2. The fraction of sp³-hybridized carbons (Fsp3) is 0.300. The zero-order valence-corrected chi connectivity index (χ0v) is 15.2. The first-order valence-corrected chi connectivity index (χ1v) is 8.72. The first-order valence-electron chi connectivity index (χ1n) is 8.72. The summed E-state index contributed by atoms with van der Waals surface area (Å²) in [5.41, 5.74) is 2.09. The number of rotatable bonds is 4. The number of ether oxygens (including phenoxy) is 2. The first kappa shape index (κ1) is 17.5. The summed E-state index contributed by atoms with van der Waals surface area (Å²) in [5.74, 6) is 1.43. The number of halogens is 1. The summed E-state index contributed by atoms with van der Waals surface area (Å²) in [6, 6.07) is 8.50. The van der Waals surface area contributed by atoms with Gasteiger partial charge in [0, 0.05) is 19.2 Å². The van der Waals surface area contributed by atoms with Crippen molar-refractivity contribution in [2.24, 2.45) is 0 Å². The van der Waals surface area contributed by atoms with E-state index >= 15 is 0 Å². The molecule has 0 radical (unpaired) electrons. The Bertz CT molecular complexity index is 1060. The summed E-state index contributed by atoms with van der Waals surface area (Å²) < 4.78 is 24.4. The second kappa shape index (κ2) is 7.00. The van der Waals surface area contributed by atoms with Crippen molar-refractivity contribution in [3.05, 3.63) is 63.5 Å². The van der Waals surface area contributed by atoms with Gasteiger partial charge in [0.15, 0.2) is 11.5 Å². The van der Waals surface area contributed by atoms with Gasteiger partial charge in [-0.25, -0.2) is 9.37 Å². The Balaban J connectivity index is 1.64. The van der Waals surface area contributed by atoms with Crippen LogP contribution < -0.4 is 15.0 Å². The van der Waals surface area contributed by atoms with Crippen LogP contribution in [0.25, 0.3) is 10.9 Å². The second-order valence-corrected chi connectivity index (χ2v) is 6.58. The fourth-order valence-electron chi connectivity index (χ4n) is 3.56. The van der Waals surface area contributed by atoms with Crippen molar-refractivity contribution in [1.29, 1.82) is 0 Å². The van der Waals surface area contributed by atoms with Gasteiger partial charge in [-0.1, -0.05) is 12.1 Å². The molecule has 0 fully saturated rings. The number of nitrogens with one attached hydrogen (secondary N) is 1. The molecule has 1 aliphatic heterocycles. The van der Waals surface area contributed by atoms with Crippen molar-refractivity contribution in [2.45, 2.75) is 19.5 Å². The average molecular weight is 369 g/mol. The van der Waals surface area contributed by atoms with Crippen LogP contribution in [0.5, 0.6) is 11.5 Å². The Labute approximate surface area is 155 Å². The predicted molar refractivity (Wildman–Crippen MR) is 99.7 cm³/mol. The summed E-state index contributed by atoms with van der Waals surface area (Å²) >= 11 is 0. The third kappa shape index (κ3) is 3.26. The van der Waals surface area contributed by atoms with Crippen LogP contribution in [0.1, 0.15) is 17.0 Å². The molecular weight excluding hydrogens is 349 g/mol. The van der Waals surface area contributed by atoms with E-state index in [2.05, 4.69) is 14.9 Å². The Morgan fingerprint density at radius 2 is 2.00 bits per heavy atom. The first-order chi connectivity index (χ1) is 13.1. The van der Waals surface area contributed by atoms with Crippen LogP contribution in [0.2, 0.25) is 0 Å². The lowest BCUT2D eigenvalue weighted by Gasteiger charge is -2.28. The van der Waals surface area contributed by atoms with Gasteiger partial charge in [-0.3, -0.25) is 9.69 Å². The summed E-state index contributed by atoms with van der Waals surface area (Å²) in [6.07, 6.45) is 0.644. The third-order valence-corrected chi connectivity index (χ3v) is 4.92. The van der Waals surface area contributed by atoms with Crippen molar-refractivity contribution in [2.75, 3.05) is 20.8 Å². The van der Waals surface area contributed by atoms with E-state index in [9.17, 15) is 9.18 Å². The molecule has 140 valence electrons. The second-order valence-electron chi connectivity index (χ2n) is 6.58. The van der Waals surface area contributed by atoms with Crippen molar-refractivity contribution >= 4 is 10.9 Å². The van der Waals surface area contributed by atoms with E-state index in [1.807, 2.05) is 6.07 Å². The maximum absolute atomic E-state index is 13.9. The standard InChI is InChI=1S/C20H20FN3O3/c1-26-17-8-14-16(9-18(17)27-2)22-19(23-20(14)25)11-24-7-6-13-12(10-24)4-3-5-15(13)21/h3-5,8-9H,6-7,10-11H2,1-2H3,(H,22,23,25). The van der Waals surface area contributed by atoms with Crippen molar-refractivity contribution in [3.63, 3.8) is 0 Å². The topological polar surface area (TPSA) is 67.5 Å². The Kier molecular flexibility index (Phi) is 4.53. The molecule has 1 aromatic heterocycles. The minimum Gasteiger partial charge on any atom is -0.493 e. The Hall–Kier alpha value is -2.93. The van der Waals surface area contributed by atoms with E-state index in [0.717, 1.165) is 11.1 Å². The molecule has 2 aromatic carbocycles. The van der Waals surface area contributed by atoms with Crippen molar-refractivity contribution in [1.82, 2.24) is 14.9 Å². The number of H-pyrrole nitrogens is 1. The largest absolute Gasteiger partial charge is 0.493 e. The van der Waals surface area contributed by atoms with E-state index in [1.165, 1.54) is 13.2 Å². The molecule has 0 saturated heterocycles.